The summed E-state index contributed by atoms with van der Waals surface area (Å²) in [5.74, 6) is -2.78. The molecule has 0 aliphatic carbocycles. The average Bonchev–Trinajstić information content (AvgIpc) is 1.99. The first-order valence-electron chi connectivity index (χ1n) is 4.14. The van der Waals surface area contributed by atoms with Crippen molar-refractivity contribution < 1.29 is 19.4 Å². The van der Waals surface area contributed by atoms with Crippen molar-refractivity contribution in [2.24, 2.45) is 17.6 Å². The van der Waals surface area contributed by atoms with Crippen molar-refractivity contribution in [1.82, 2.24) is 0 Å². The number of cyclic esters (lactones) is 1. The van der Waals surface area contributed by atoms with Crippen LogP contribution < -0.4 is 5.73 Å². The summed E-state index contributed by atoms with van der Waals surface area (Å²) >= 11 is 0. The molecule has 0 saturated carbocycles. The lowest BCUT2D eigenvalue weighted by molar-refractivity contribution is -0.172. The van der Waals surface area contributed by atoms with Gasteiger partial charge in [0.25, 0.3) is 0 Å². The Hall–Kier alpha value is -1.10. The van der Waals surface area contributed by atoms with Gasteiger partial charge in [-0.25, -0.2) is 0 Å². The van der Waals surface area contributed by atoms with Crippen LogP contribution in [0.2, 0.25) is 0 Å². The van der Waals surface area contributed by atoms with Crippen molar-refractivity contribution >= 4 is 11.9 Å². The summed E-state index contributed by atoms with van der Waals surface area (Å²) in [5.41, 5.74) is 5.62. The third-order valence-corrected chi connectivity index (χ3v) is 2.46. The second kappa shape index (κ2) is 3.33. The topological polar surface area (TPSA) is 89.6 Å². The molecule has 13 heavy (non-hydrogen) atoms. The fourth-order valence-corrected chi connectivity index (χ4v) is 1.51. The van der Waals surface area contributed by atoms with E-state index in [0.717, 1.165) is 0 Å². The van der Waals surface area contributed by atoms with Gasteiger partial charge in [-0.05, 0) is 6.92 Å². The summed E-state index contributed by atoms with van der Waals surface area (Å²) in [4.78, 5) is 21.8. The van der Waals surface area contributed by atoms with Gasteiger partial charge in [0, 0.05) is 6.04 Å². The maximum absolute atomic E-state index is 11.1. The molecule has 5 heteroatoms. The summed E-state index contributed by atoms with van der Waals surface area (Å²) in [5, 5.41) is 8.81. The van der Waals surface area contributed by atoms with Gasteiger partial charge in [-0.1, -0.05) is 6.92 Å². The molecule has 5 nitrogen and oxygen atoms in total. The maximum Gasteiger partial charge on any atom is 0.311 e. The second-order valence-electron chi connectivity index (χ2n) is 3.37. The lowest BCUT2D eigenvalue weighted by Gasteiger charge is -2.34. The Morgan fingerprint density at radius 1 is 1.54 bits per heavy atom. The van der Waals surface area contributed by atoms with Crippen molar-refractivity contribution in [3.8, 4) is 0 Å². The summed E-state index contributed by atoms with van der Waals surface area (Å²) in [7, 11) is 0. The van der Waals surface area contributed by atoms with E-state index in [1.807, 2.05) is 0 Å². The van der Waals surface area contributed by atoms with Crippen LogP contribution in [0.5, 0.6) is 0 Å². The zero-order chi connectivity index (χ0) is 10.2. The smallest absolute Gasteiger partial charge is 0.311 e. The Morgan fingerprint density at radius 2 is 2.08 bits per heavy atom. The third-order valence-electron chi connectivity index (χ3n) is 2.46. The number of hydrogen-bond donors (Lipinski definition) is 2. The van der Waals surface area contributed by atoms with Crippen molar-refractivity contribution in [3.63, 3.8) is 0 Å². The lowest BCUT2D eigenvalue weighted by atomic mass is 9.84. The third kappa shape index (κ3) is 1.65. The summed E-state index contributed by atoms with van der Waals surface area (Å²) in [6.45, 7) is 3.12. The van der Waals surface area contributed by atoms with Crippen LogP contribution in [-0.2, 0) is 14.3 Å². The Kier molecular flexibility index (Phi) is 2.56. The first kappa shape index (κ1) is 9.98. The zero-order valence-corrected chi connectivity index (χ0v) is 7.56. The van der Waals surface area contributed by atoms with E-state index < -0.39 is 35.9 Å². The molecule has 0 spiro atoms. The van der Waals surface area contributed by atoms with Gasteiger partial charge in [-0.15, -0.1) is 0 Å². The number of ether oxygens (including phenoxy) is 1. The molecule has 0 aromatic heterocycles. The number of esters is 1. The fourth-order valence-electron chi connectivity index (χ4n) is 1.51. The minimum absolute atomic E-state index is 0.419. The molecule has 1 heterocycles. The van der Waals surface area contributed by atoms with E-state index in [1.54, 1.807) is 13.8 Å². The zero-order valence-electron chi connectivity index (χ0n) is 7.56. The molecule has 0 radical (unpaired) electrons. The van der Waals surface area contributed by atoms with Crippen molar-refractivity contribution in [2.75, 3.05) is 0 Å². The Bertz CT molecular complexity index is 240. The molecule has 0 bridgehead atoms. The Labute approximate surface area is 75.9 Å². The minimum atomic E-state index is -1.01. The predicted molar refractivity (Wildman–Crippen MR) is 43.8 cm³/mol. The van der Waals surface area contributed by atoms with Crippen LogP contribution >= 0.6 is 0 Å². The number of carboxylic acid groups (broad SMARTS) is 1. The molecule has 74 valence electrons. The highest BCUT2D eigenvalue weighted by molar-refractivity contribution is 5.79. The minimum Gasteiger partial charge on any atom is -0.481 e. The van der Waals surface area contributed by atoms with Gasteiger partial charge >= 0.3 is 11.9 Å². The van der Waals surface area contributed by atoms with E-state index >= 15 is 0 Å². The highest BCUT2D eigenvalue weighted by atomic mass is 16.5. The molecule has 1 aliphatic rings. The number of rotatable bonds is 1. The molecule has 3 N–H and O–H groups in total. The van der Waals surface area contributed by atoms with Crippen LogP contribution in [0.15, 0.2) is 0 Å². The van der Waals surface area contributed by atoms with E-state index in [0.29, 0.717) is 0 Å². The fraction of sp³-hybridized carbons (Fsp3) is 0.750. The highest BCUT2D eigenvalue weighted by Gasteiger charge is 2.43. The monoisotopic (exact) mass is 187 g/mol. The largest absolute Gasteiger partial charge is 0.481 e. The lowest BCUT2D eigenvalue weighted by Crippen LogP contribution is -2.54. The van der Waals surface area contributed by atoms with E-state index in [-0.39, 0.29) is 0 Å². The number of carboxylic acids is 1. The van der Waals surface area contributed by atoms with E-state index in [1.165, 1.54) is 0 Å². The molecule has 1 saturated heterocycles. The summed E-state index contributed by atoms with van der Waals surface area (Å²) in [6.07, 6.45) is -0.642. The number of nitrogens with two attached hydrogens (primary N) is 1. The van der Waals surface area contributed by atoms with Crippen LogP contribution in [0.3, 0.4) is 0 Å². The van der Waals surface area contributed by atoms with E-state index in [9.17, 15) is 9.59 Å². The van der Waals surface area contributed by atoms with Gasteiger partial charge in [0.05, 0.1) is 5.92 Å². The average molecular weight is 187 g/mol. The molecule has 1 aliphatic heterocycles. The van der Waals surface area contributed by atoms with E-state index in [2.05, 4.69) is 0 Å². The second-order valence-corrected chi connectivity index (χ2v) is 3.37. The van der Waals surface area contributed by atoms with Crippen LogP contribution in [0.1, 0.15) is 13.8 Å². The van der Waals surface area contributed by atoms with E-state index in [4.69, 9.17) is 15.6 Å². The van der Waals surface area contributed by atoms with Crippen LogP contribution in [-0.4, -0.2) is 29.2 Å². The van der Waals surface area contributed by atoms with Gasteiger partial charge < -0.3 is 15.6 Å². The van der Waals surface area contributed by atoms with Crippen molar-refractivity contribution in [1.29, 1.82) is 0 Å². The summed E-state index contributed by atoms with van der Waals surface area (Å²) < 4.78 is 4.84. The molecule has 0 aromatic rings. The van der Waals surface area contributed by atoms with Crippen LogP contribution in [0.4, 0.5) is 0 Å². The number of carbonyl (C=O) groups is 2. The number of carbonyl (C=O) groups excluding carboxylic acids is 1. The van der Waals surface area contributed by atoms with Gasteiger partial charge in [-0.3, -0.25) is 9.59 Å². The predicted octanol–water partition coefficient (Wildman–Crippen LogP) is -0.404. The molecule has 1 rings (SSSR count). The quantitative estimate of drug-likeness (QED) is 0.545. The van der Waals surface area contributed by atoms with Crippen LogP contribution in [0.25, 0.3) is 0 Å². The van der Waals surface area contributed by atoms with Gasteiger partial charge in [0.1, 0.15) is 12.0 Å². The molecule has 1 fully saturated rings. The standard InChI is InChI=1S/C8H13NO4/c1-3-6(9)5(7(10)11)4(2)13-8(3)12/h3-6H,9H2,1-2H3,(H,10,11). The molecule has 0 aromatic carbocycles. The van der Waals surface area contributed by atoms with Gasteiger partial charge in [0.15, 0.2) is 0 Å². The molecular weight excluding hydrogens is 174 g/mol. The number of aliphatic carboxylic acids is 1. The molecule has 4 unspecified atom stereocenters. The normalized spacial score (nSPS) is 39.8. The number of hydrogen-bond acceptors (Lipinski definition) is 4. The van der Waals surface area contributed by atoms with Gasteiger partial charge in [0.2, 0.25) is 0 Å². The highest BCUT2D eigenvalue weighted by Crippen LogP contribution is 2.25. The summed E-state index contributed by atoms with van der Waals surface area (Å²) in [6, 6.07) is -0.659. The van der Waals surface area contributed by atoms with Gasteiger partial charge in [-0.2, -0.15) is 0 Å². The first-order valence-corrected chi connectivity index (χ1v) is 4.14. The van der Waals surface area contributed by atoms with Crippen LogP contribution in [0, 0.1) is 11.8 Å². The molecule has 4 atom stereocenters. The molecule has 0 amide bonds. The van der Waals surface area contributed by atoms with Crippen molar-refractivity contribution in [3.05, 3.63) is 0 Å². The maximum atomic E-state index is 11.1. The van der Waals surface area contributed by atoms with Crippen molar-refractivity contribution in [2.45, 2.75) is 26.0 Å². The Balaban J connectivity index is 2.85. The molecular formula is C8H13NO4. The Morgan fingerprint density at radius 3 is 2.54 bits per heavy atom. The SMILES string of the molecule is CC1OC(=O)C(C)C(N)C1C(=O)O. The first-order chi connectivity index (χ1) is 5.95.